The molecule has 0 bridgehead atoms. The Morgan fingerprint density at radius 1 is 1.60 bits per heavy atom. The number of esters is 1. The van der Waals surface area contributed by atoms with Crippen LogP contribution in [0.15, 0.2) is 15.9 Å². The van der Waals surface area contributed by atoms with Gasteiger partial charge >= 0.3 is 5.97 Å². The van der Waals surface area contributed by atoms with Crippen molar-refractivity contribution in [2.75, 3.05) is 12.4 Å². The Kier molecular flexibility index (Phi) is 7.55. The molecule has 1 N–H and O–H groups in total. The molecule has 20 heavy (non-hydrogen) atoms. The van der Waals surface area contributed by atoms with Crippen LogP contribution < -0.4 is 5.32 Å². The molecule has 1 heterocycles. The summed E-state index contributed by atoms with van der Waals surface area (Å²) in [6.45, 7) is 8.27. The molecule has 0 fully saturated rings. The van der Waals surface area contributed by atoms with Crippen LogP contribution in [0.25, 0.3) is 0 Å². The number of rotatable bonds is 9. The molecule has 0 aliphatic heterocycles. The summed E-state index contributed by atoms with van der Waals surface area (Å²) in [7, 11) is 0. The van der Waals surface area contributed by atoms with Gasteiger partial charge in [0.2, 0.25) is 0 Å². The molecule has 0 amide bonds. The Balaban J connectivity index is 2.45. The highest BCUT2D eigenvalue weighted by Gasteiger charge is 2.34. The molecule has 4 nitrogen and oxygen atoms in total. The van der Waals surface area contributed by atoms with Crippen LogP contribution in [-0.2, 0) is 9.53 Å². The molecule has 0 saturated carbocycles. The number of nitrogens with zero attached hydrogens (tertiary/aromatic N) is 1. The average Bonchev–Trinajstić information content (AvgIpc) is 2.87. The van der Waals surface area contributed by atoms with E-state index in [4.69, 9.17) is 4.74 Å². The van der Waals surface area contributed by atoms with Gasteiger partial charge in [-0.3, -0.25) is 10.1 Å². The summed E-state index contributed by atoms with van der Waals surface area (Å²) in [5, 5.41) is 5.32. The number of thiazole rings is 1. The minimum Gasteiger partial charge on any atom is -0.465 e. The summed E-state index contributed by atoms with van der Waals surface area (Å²) >= 11 is 3.39. The highest BCUT2D eigenvalue weighted by atomic mass is 32.2. The lowest BCUT2D eigenvalue weighted by Gasteiger charge is -2.30. The first-order chi connectivity index (χ1) is 9.48. The first-order valence-electron chi connectivity index (χ1n) is 6.95. The SMILES string of the molecule is CCOC(=O)C(C)(CCCSc1nccs1)NC(C)C. The second kappa shape index (κ2) is 8.64. The summed E-state index contributed by atoms with van der Waals surface area (Å²) in [5.41, 5.74) is -0.604. The predicted octanol–water partition coefficient (Wildman–Crippen LogP) is 3.34. The van der Waals surface area contributed by atoms with E-state index in [9.17, 15) is 4.79 Å². The number of carbonyl (C=O) groups excluding carboxylic acids is 1. The van der Waals surface area contributed by atoms with Crippen molar-refractivity contribution in [3.05, 3.63) is 11.6 Å². The van der Waals surface area contributed by atoms with Crippen molar-refractivity contribution in [1.82, 2.24) is 10.3 Å². The molecular weight excluding hydrogens is 292 g/mol. The third kappa shape index (κ3) is 5.81. The second-order valence-electron chi connectivity index (χ2n) is 5.10. The quantitative estimate of drug-likeness (QED) is 0.430. The number of hydrogen-bond acceptors (Lipinski definition) is 6. The summed E-state index contributed by atoms with van der Waals surface area (Å²) in [4.78, 5) is 16.4. The largest absolute Gasteiger partial charge is 0.465 e. The highest BCUT2D eigenvalue weighted by Crippen LogP contribution is 2.24. The molecule has 1 aromatic rings. The Bertz CT molecular complexity index is 396. The van der Waals surface area contributed by atoms with Crippen LogP contribution in [0.4, 0.5) is 0 Å². The van der Waals surface area contributed by atoms with Crippen LogP contribution in [0.5, 0.6) is 0 Å². The van der Waals surface area contributed by atoms with Crippen LogP contribution in [-0.4, -0.2) is 34.9 Å². The van der Waals surface area contributed by atoms with Crippen molar-refractivity contribution in [3.63, 3.8) is 0 Å². The van der Waals surface area contributed by atoms with Crippen molar-refractivity contribution in [3.8, 4) is 0 Å². The minimum atomic E-state index is -0.604. The van der Waals surface area contributed by atoms with Crippen molar-refractivity contribution in [1.29, 1.82) is 0 Å². The van der Waals surface area contributed by atoms with Gasteiger partial charge < -0.3 is 4.74 Å². The van der Waals surface area contributed by atoms with E-state index in [-0.39, 0.29) is 12.0 Å². The Labute approximate surface area is 129 Å². The van der Waals surface area contributed by atoms with Gasteiger partial charge in [0.1, 0.15) is 9.88 Å². The Morgan fingerprint density at radius 2 is 2.35 bits per heavy atom. The Hall–Kier alpha value is -0.590. The first kappa shape index (κ1) is 17.5. The van der Waals surface area contributed by atoms with Crippen molar-refractivity contribution in [2.45, 2.75) is 56.5 Å². The molecule has 1 unspecified atom stereocenters. The first-order valence-corrected chi connectivity index (χ1v) is 8.81. The standard InChI is InChI=1S/C14H24N2O2S2/c1-5-18-12(17)14(4,16-11(2)3)7-6-9-19-13-15-8-10-20-13/h8,10-11,16H,5-7,9H2,1-4H3. The number of hydrogen-bond donors (Lipinski definition) is 1. The maximum atomic E-state index is 12.1. The van der Waals surface area contributed by atoms with Crippen LogP contribution in [0.3, 0.4) is 0 Å². The fourth-order valence-electron chi connectivity index (χ4n) is 2.03. The lowest BCUT2D eigenvalue weighted by atomic mass is 9.95. The van der Waals surface area contributed by atoms with E-state index in [0.29, 0.717) is 6.61 Å². The van der Waals surface area contributed by atoms with Crippen molar-refractivity contribution < 1.29 is 9.53 Å². The van der Waals surface area contributed by atoms with E-state index in [1.54, 1.807) is 23.1 Å². The molecular formula is C14H24N2O2S2. The van der Waals surface area contributed by atoms with E-state index < -0.39 is 5.54 Å². The average molecular weight is 316 g/mol. The van der Waals surface area contributed by atoms with E-state index in [2.05, 4.69) is 10.3 Å². The molecule has 0 aliphatic carbocycles. The number of carbonyl (C=O) groups is 1. The van der Waals surface area contributed by atoms with Gasteiger partial charge in [-0.05, 0) is 40.5 Å². The minimum absolute atomic E-state index is 0.159. The van der Waals surface area contributed by atoms with Crippen molar-refractivity contribution >= 4 is 29.1 Å². The van der Waals surface area contributed by atoms with Gasteiger partial charge in [-0.2, -0.15) is 0 Å². The van der Waals surface area contributed by atoms with Gasteiger partial charge in [0.25, 0.3) is 0 Å². The fraction of sp³-hybridized carbons (Fsp3) is 0.714. The molecule has 0 radical (unpaired) electrons. The number of nitrogens with one attached hydrogen (secondary N) is 1. The number of ether oxygens (including phenoxy) is 1. The van der Waals surface area contributed by atoms with E-state index >= 15 is 0 Å². The molecule has 6 heteroatoms. The van der Waals surface area contributed by atoms with Crippen LogP contribution in [0, 0.1) is 0 Å². The molecule has 1 aromatic heterocycles. The third-order valence-corrected chi connectivity index (χ3v) is 4.84. The van der Waals surface area contributed by atoms with Crippen molar-refractivity contribution in [2.24, 2.45) is 0 Å². The molecule has 0 spiro atoms. The van der Waals surface area contributed by atoms with Gasteiger partial charge in [0.05, 0.1) is 6.61 Å². The number of aromatic nitrogens is 1. The maximum absolute atomic E-state index is 12.1. The van der Waals surface area contributed by atoms with Crippen LogP contribution in [0.2, 0.25) is 0 Å². The predicted molar refractivity (Wildman–Crippen MR) is 85.4 cm³/mol. The molecule has 0 saturated heterocycles. The summed E-state index contributed by atoms with van der Waals surface area (Å²) in [5.74, 6) is 0.801. The fourth-order valence-corrected chi connectivity index (χ4v) is 3.67. The summed E-state index contributed by atoms with van der Waals surface area (Å²) in [6.07, 6.45) is 3.53. The monoisotopic (exact) mass is 316 g/mol. The molecule has 1 atom stereocenters. The van der Waals surface area contributed by atoms with E-state index in [1.807, 2.05) is 39.3 Å². The van der Waals surface area contributed by atoms with E-state index in [1.165, 1.54) is 0 Å². The second-order valence-corrected chi connectivity index (χ2v) is 7.34. The molecule has 1 rings (SSSR count). The zero-order chi connectivity index (χ0) is 15.0. The summed E-state index contributed by atoms with van der Waals surface area (Å²) in [6, 6.07) is 0.246. The van der Waals surface area contributed by atoms with Crippen LogP contribution in [0.1, 0.15) is 40.5 Å². The third-order valence-electron chi connectivity index (χ3n) is 2.79. The molecule has 0 aliphatic rings. The smallest absolute Gasteiger partial charge is 0.326 e. The van der Waals surface area contributed by atoms with Gasteiger partial charge in [0.15, 0.2) is 0 Å². The van der Waals surface area contributed by atoms with E-state index in [0.717, 1.165) is 22.9 Å². The molecule has 114 valence electrons. The topological polar surface area (TPSA) is 51.2 Å². The van der Waals surface area contributed by atoms with Gasteiger partial charge in [-0.1, -0.05) is 11.8 Å². The zero-order valence-electron chi connectivity index (χ0n) is 12.6. The normalized spacial score (nSPS) is 14.2. The zero-order valence-corrected chi connectivity index (χ0v) is 14.3. The maximum Gasteiger partial charge on any atom is 0.326 e. The van der Waals surface area contributed by atoms with Crippen LogP contribution >= 0.6 is 23.1 Å². The lowest BCUT2D eigenvalue weighted by Crippen LogP contribution is -2.53. The highest BCUT2D eigenvalue weighted by molar-refractivity contribution is 8.00. The van der Waals surface area contributed by atoms with Gasteiger partial charge in [-0.15, -0.1) is 11.3 Å². The molecule has 0 aromatic carbocycles. The van der Waals surface area contributed by atoms with Gasteiger partial charge in [-0.25, -0.2) is 4.98 Å². The number of thioether (sulfide) groups is 1. The summed E-state index contributed by atoms with van der Waals surface area (Å²) < 4.78 is 6.28. The Morgan fingerprint density at radius 3 is 2.90 bits per heavy atom. The lowest BCUT2D eigenvalue weighted by molar-refractivity contribution is -0.151. The van der Waals surface area contributed by atoms with Gasteiger partial charge in [0, 0.05) is 23.4 Å².